The monoisotopic (exact) mass is 355 g/mol. The molecule has 2 N–H and O–H groups in total. The van der Waals surface area contributed by atoms with Gasteiger partial charge in [0.05, 0.1) is 32.7 Å². The average molecular weight is 355 g/mol. The van der Waals surface area contributed by atoms with E-state index in [4.69, 9.17) is 9.84 Å². The van der Waals surface area contributed by atoms with E-state index in [-0.39, 0.29) is 13.2 Å². The summed E-state index contributed by atoms with van der Waals surface area (Å²) in [5.74, 6) is 1.63. The van der Waals surface area contributed by atoms with E-state index in [0.29, 0.717) is 11.2 Å². The summed E-state index contributed by atoms with van der Waals surface area (Å²) in [4.78, 5) is 15.4. The van der Waals surface area contributed by atoms with Gasteiger partial charge in [0.25, 0.3) is 0 Å². The number of rotatable bonds is 5. The van der Waals surface area contributed by atoms with Crippen LogP contribution in [-0.2, 0) is 19.5 Å². The van der Waals surface area contributed by atoms with Crippen molar-refractivity contribution in [1.82, 2.24) is 19.5 Å². The molecule has 0 amide bonds. The van der Waals surface area contributed by atoms with E-state index in [1.165, 1.54) is 17.5 Å². The average Bonchev–Trinajstić information content (AvgIpc) is 3.09. The number of aromatic nitrogens is 4. The molecule has 8 nitrogen and oxygen atoms in total. The van der Waals surface area contributed by atoms with E-state index < -0.39 is 6.10 Å². The van der Waals surface area contributed by atoms with Gasteiger partial charge in [0.15, 0.2) is 17.0 Å². The number of aliphatic hydroxyl groups excluding tert-OH is 2. The minimum Gasteiger partial charge on any atom is -0.497 e. The second-order valence-electron chi connectivity index (χ2n) is 6.41. The molecule has 8 heteroatoms. The number of benzene rings is 1. The van der Waals surface area contributed by atoms with Crippen molar-refractivity contribution < 1.29 is 14.9 Å². The minimum atomic E-state index is -0.847. The van der Waals surface area contributed by atoms with Gasteiger partial charge in [0.1, 0.15) is 12.1 Å². The van der Waals surface area contributed by atoms with Gasteiger partial charge in [-0.05, 0) is 29.7 Å². The summed E-state index contributed by atoms with van der Waals surface area (Å²) in [5, 5.41) is 18.8. The van der Waals surface area contributed by atoms with Gasteiger partial charge in [0, 0.05) is 13.1 Å². The Balaban J connectivity index is 1.67. The van der Waals surface area contributed by atoms with E-state index in [2.05, 4.69) is 32.0 Å². The molecule has 136 valence electrons. The van der Waals surface area contributed by atoms with Crippen LogP contribution in [0.25, 0.3) is 11.2 Å². The van der Waals surface area contributed by atoms with Crippen molar-refractivity contribution in [3.63, 3.8) is 0 Å². The number of methoxy groups -OCH3 is 1. The first kappa shape index (κ1) is 16.7. The van der Waals surface area contributed by atoms with Gasteiger partial charge in [-0.3, -0.25) is 0 Å². The number of hydrogen-bond acceptors (Lipinski definition) is 7. The van der Waals surface area contributed by atoms with Gasteiger partial charge in [-0.15, -0.1) is 0 Å². The number of fused-ring (bicyclic) bond motifs is 2. The summed E-state index contributed by atoms with van der Waals surface area (Å²) in [6, 6.07) is 6.17. The molecule has 0 radical (unpaired) electrons. The topological polar surface area (TPSA) is 96.5 Å². The normalized spacial score (nSPS) is 15.1. The highest BCUT2D eigenvalue weighted by atomic mass is 16.5. The Kier molecular flexibility index (Phi) is 4.44. The first-order chi connectivity index (χ1) is 12.7. The van der Waals surface area contributed by atoms with E-state index in [1.54, 1.807) is 18.0 Å². The predicted octanol–water partition coefficient (Wildman–Crippen LogP) is 0.751. The first-order valence-electron chi connectivity index (χ1n) is 8.55. The fourth-order valence-electron chi connectivity index (χ4n) is 3.36. The van der Waals surface area contributed by atoms with Crippen LogP contribution in [0.15, 0.2) is 30.9 Å². The van der Waals surface area contributed by atoms with Crippen molar-refractivity contribution in [2.75, 3.05) is 25.2 Å². The predicted molar refractivity (Wildman–Crippen MR) is 96.2 cm³/mol. The molecule has 4 rings (SSSR count). The van der Waals surface area contributed by atoms with Crippen molar-refractivity contribution in [3.8, 4) is 5.75 Å². The van der Waals surface area contributed by atoms with Gasteiger partial charge in [-0.25, -0.2) is 15.0 Å². The van der Waals surface area contributed by atoms with Crippen LogP contribution in [0.3, 0.4) is 0 Å². The lowest BCUT2D eigenvalue weighted by Crippen LogP contribution is -2.31. The zero-order valence-electron chi connectivity index (χ0n) is 14.5. The molecule has 26 heavy (non-hydrogen) atoms. The lowest BCUT2D eigenvalue weighted by molar-refractivity contribution is 0.0820. The summed E-state index contributed by atoms with van der Waals surface area (Å²) >= 11 is 0. The maximum Gasteiger partial charge on any atom is 0.165 e. The highest BCUT2D eigenvalue weighted by Gasteiger charge is 2.22. The molecule has 2 aromatic heterocycles. The zero-order chi connectivity index (χ0) is 18.1. The number of hydrogen-bond donors (Lipinski definition) is 2. The molecule has 3 aromatic rings. The highest BCUT2D eigenvalue weighted by Crippen LogP contribution is 2.29. The molecule has 0 bridgehead atoms. The molecule has 1 atom stereocenters. The summed E-state index contributed by atoms with van der Waals surface area (Å²) in [5.41, 5.74) is 3.89. The Morgan fingerprint density at radius 3 is 2.92 bits per heavy atom. The number of aliphatic hydroxyl groups is 2. The molecule has 0 fully saturated rings. The molecule has 0 saturated carbocycles. The third-order valence-electron chi connectivity index (χ3n) is 4.73. The smallest absolute Gasteiger partial charge is 0.165 e. The van der Waals surface area contributed by atoms with Gasteiger partial charge >= 0.3 is 0 Å². The zero-order valence-corrected chi connectivity index (χ0v) is 14.5. The Morgan fingerprint density at radius 1 is 1.23 bits per heavy atom. The summed E-state index contributed by atoms with van der Waals surface area (Å²) < 4.78 is 7.08. The molecule has 1 aromatic carbocycles. The molecular formula is C18H21N5O3. The van der Waals surface area contributed by atoms with Crippen molar-refractivity contribution in [2.45, 2.75) is 25.6 Å². The van der Waals surface area contributed by atoms with Gasteiger partial charge in [-0.1, -0.05) is 6.07 Å². The maximum atomic E-state index is 9.70. The quantitative estimate of drug-likeness (QED) is 0.697. The molecule has 0 aliphatic carbocycles. The molecular weight excluding hydrogens is 334 g/mol. The summed E-state index contributed by atoms with van der Waals surface area (Å²) in [6.07, 6.45) is 3.22. The van der Waals surface area contributed by atoms with Gasteiger partial charge < -0.3 is 24.4 Å². The lowest BCUT2D eigenvalue weighted by Gasteiger charge is -2.30. The molecule has 1 aliphatic heterocycles. The van der Waals surface area contributed by atoms with Crippen LogP contribution in [0.4, 0.5) is 5.82 Å². The Bertz CT molecular complexity index is 926. The number of anilines is 1. The third kappa shape index (κ3) is 2.97. The van der Waals surface area contributed by atoms with Crippen molar-refractivity contribution in [3.05, 3.63) is 42.0 Å². The molecule has 0 spiro atoms. The third-order valence-corrected chi connectivity index (χ3v) is 4.73. The highest BCUT2D eigenvalue weighted by molar-refractivity contribution is 5.83. The van der Waals surface area contributed by atoms with Gasteiger partial charge in [0.2, 0.25) is 0 Å². The SMILES string of the molecule is COc1ccc2c(c1)CN(c1ncnc3c1ncn3CC(O)CO)CC2. The minimum absolute atomic E-state index is 0.240. The lowest BCUT2D eigenvalue weighted by atomic mass is 9.99. The fraction of sp³-hybridized carbons (Fsp3) is 0.389. The number of ether oxygens (including phenoxy) is 1. The summed E-state index contributed by atoms with van der Waals surface area (Å²) in [7, 11) is 1.67. The van der Waals surface area contributed by atoms with Crippen LogP contribution in [0.2, 0.25) is 0 Å². The second-order valence-corrected chi connectivity index (χ2v) is 6.41. The molecule has 3 heterocycles. The van der Waals surface area contributed by atoms with E-state index >= 15 is 0 Å². The van der Waals surface area contributed by atoms with E-state index in [0.717, 1.165) is 31.1 Å². The van der Waals surface area contributed by atoms with Crippen LogP contribution in [-0.4, -0.2) is 56.1 Å². The van der Waals surface area contributed by atoms with Crippen molar-refractivity contribution >= 4 is 17.0 Å². The Hall–Kier alpha value is -2.71. The standard InChI is InChI=1S/C18H21N5O3/c1-26-15-3-2-12-4-5-22(7-13(12)6-15)17-16-18(20-10-19-17)23(11-21-16)8-14(25)9-24/h2-3,6,10-11,14,24-25H,4-5,7-9H2,1H3. The van der Waals surface area contributed by atoms with E-state index in [1.807, 2.05) is 6.07 Å². The van der Waals surface area contributed by atoms with Crippen LogP contribution >= 0.6 is 0 Å². The largest absolute Gasteiger partial charge is 0.497 e. The van der Waals surface area contributed by atoms with Crippen LogP contribution < -0.4 is 9.64 Å². The van der Waals surface area contributed by atoms with Gasteiger partial charge in [-0.2, -0.15) is 0 Å². The first-order valence-corrected chi connectivity index (χ1v) is 8.55. The molecule has 1 unspecified atom stereocenters. The maximum absolute atomic E-state index is 9.70. The Labute approximate surface area is 150 Å². The second kappa shape index (κ2) is 6.89. The van der Waals surface area contributed by atoms with Crippen molar-refractivity contribution in [2.24, 2.45) is 0 Å². The van der Waals surface area contributed by atoms with Crippen molar-refractivity contribution in [1.29, 1.82) is 0 Å². The number of nitrogens with zero attached hydrogens (tertiary/aromatic N) is 5. The van der Waals surface area contributed by atoms with Crippen LogP contribution in [0, 0.1) is 0 Å². The van der Waals surface area contributed by atoms with E-state index in [9.17, 15) is 5.11 Å². The molecule has 0 saturated heterocycles. The van der Waals surface area contributed by atoms with Crippen LogP contribution in [0.5, 0.6) is 5.75 Å². The van der Waals surface area contributed by atoms with Crippen LogP contribution in [0.1, 0.15) is 11.1 Å². The number of imidazole rings is 1. The fourth-order valence-corrected chi connectivity index (χ4v) is 3.36. The Morgan fingerprint density at radius 2 is 2.12 bits per heavy atom. The molecule has 1 aliphatic rings. The summed E-state index contributed by atoms with van der Waals surface area (Å²) in [6.45, 7) is 1.51.